The maximum atomic E-state index is 12.0. The molecule has 10 heteroatoms. The number of hydrogen-bond acceptors (Lipinski definition) is 7. The quantitative estimate of drug-likeness (QED) is 0.277. The van der Waals surface area contributed by atoms with Gasteiger partial charge in [0.05, 0.1) is 16.9 Å². The standard InChI is InChI=1S/C19H18N6O3S/c1-13-6-3-4-7-15(13)11-20-21-17(26)12-29-19-23-22-18(24(19)2)14-8-5-9-16(10-14)25(27)28/h3-11H,12H2,1-2H3,(H,21,26). The zero-order chi connectivity index (χ0) is 20.8. The van der Waals surface area contributed by atoms with E-state index in [9.17, 15) is 14.9 Å². The van der Waals surface area contributed by atoms with Gasteiger partial charge >= 0.3 is 0 Å². The van der Waals surface area contributed by atoms with Gasteiger partial charge < -0.3 is 4.57 Å². The summed E-state index contributed by atoms with van der Waals surface area (Å²) >= 11 is 1.20. The zero-order valence-electron chi connectivity index (χ0n) is 15.8. The molecule has 0 radical (unpaired) electrons. The Bertz CT molecular complexity index is 1080. The fourth-order valence-corrected chi connectivity index (χ4v) is 3.22. The average molecular weight is 410 g/mol. The van der Waals surface area contributed by atoms with E-state index in [1.807, 2.05) is 31.2 Å². The second-order valence-corrected chi connectivity index (χ2v) is 7.05. The largest absolute Gasteiger partial charge is 0.305 e. The lowest BCUT2D eigenvalue weighted by Gasteiger charge is -2.04. The molecule has 0 saturated heterocycles. The number of nitro benzene ring substituents is 1. The molecule has 1 N–H and O–H groups in total. The molecule has 0 atom stereocenters. The van der Waals surface area contributed by atoms with Gasteiger partial charge in [0.15, 0.2) is 11.0 Å². The molecule has 3 aromatic rings. The summed E-state index contributed by atoms with van der Waals surface area (Å²) in [6.07, 6.45) is 1.60. The van der Waals surface area contributed by atoms with Crippen molar-refractivity contribution in [1.82, 2.24) is 20.2 Å². The Morgan fingerprint density at radius 3 is 2.83 bits per heavy atom. The molecule has 148 valence electrons. The van der Waals surface area contributed by atoms with E-state index >= 15 is 0 Å². The van der Waals surface area contributed by atoms with Crippen molar-refractivity contribution < 1.29 is 9.72 Å². The zero-order valence-corrected chi connectivity index (χ0v) is 16.6. The molecule has 0 aliphatic rings. The number of hydrogen-bond donors (Lipinski definition) is 1. The van der Waals surface area contributed by atoms with Crippen LogP contribution in [-0.2, 0) is 11.8 Å². The smallest absolute Gasteiger partial charge is 0.270 e. The highest BCUT2D eigenvalue weighted by atomic mass is 32.2. The fourth-order valence-electron chi connectivity index (χ4n) is 2.52. The summed E-state index contributed by atoms with van der Waals surface area (Å²) in [4.78, 5) is 22.5. The summed E-state index contributed by atoms with van der Waals surface area (Å²) in [5, 5.41) is 23.6. The Labute approximate surface area is 171 Å². The number of carbonyl (C=O) groups is 1. The van der Waals surface area contributed by atoms with Gasteiger partial charge in [-0.05, 0) is 18.1 Å². The van der Waals surface area contributed by atoms with Gasteiger partial charge in [-0.1, -0.05) is 48.2 Å². The number of amides is 1. The monoisotopic (exact) mass is 410 g/mol. The van der Waals surface area contributed by atoms with Crippen LogP contribution in [0, 0.1) is 17.0 Å². The lowest BCUT2D eigenvalue weighted by atomic mass is 10.1. The van der Waals surface area contributed by atoms with E-state index in [2.05, 4.69) is 20.7 Å². The molecular weight excluding hydrogens is 392 g/mol. The fraction of sp³-hybridized carbons (Fsp3) is 0.158. The van der Waals surface area contributed by atoms with Crippen LogP contribution in [0.15, 0.2) is 58.8 Å². The van der Waals surface area contributed by atoms with E-state index in [4.69, 9.17) is 0 Å². The second kappa shape index (κ2) is 9.11. The van der Waals surface area contributed by atoms with Gasteiger partial charge in [0.1, 0.15) is 0 Å². The molecule has 1 aromatic heterocycles. The van der Waals surface area contributed by atoms with Crippen molar-refractivity contribution in [2.24, 2.45) is 12.1 Å². The maximum Gasteiger partial charge on any atom is 0.270 e. The summed E-state index contributed by atoms with van der Waals surface area (Å²) in [5.74, 6) is 0.306. The van der Waals surface area contributed by atoms with Gasteiger partial charge in [-0.25, -0.2) is 5.43 Å². The van der Waals surface area contributed by atoms with Gasteiger partial charge in [0.2, 0.25) is 0 Å². The summed E-state index contributed by atoms with van der Waals surface area (Å²) in [5.41, 5.74) is 5.03. The summed E-state index contributed by atoms with van der Waals surface area (Å²) in [6, 6.07) is 13.9. The average Bonchev–Trinajstić information content (AvgIpc) is 3.08. The van der Waals surface area contributed by atoms with Crippen LogP contribution >= 0.6 is 11.8 Å². The SMILES string of the molecule is Cc1ccccc1C=NNC(=O)CSc1nnc(-c2cccc([N+](=O)[O-])c2)n1C. The topological polar surface area (TPSA) is 115 Å². The van der Waals surface area contributed by atoms with Gasteiger partial charge in [0.25, 0.3) is 11.6 Å². The van der Waals surface area contributed by atoms with Crippen molar-refractivity contribution in [2.75, 3.05) is 5.75 Å². The van der Waals surface area contributed by atoms with Gasteiger partial charge in [-0.2, -0.15) is 5.10 Å². The Balaban J connectivity index is 1.60. The predicted molar refractivity (Wildman–Crippen MR) is 111 cm³/mol. The minimum absolute atomic E-state index is 0.0226. The third kappa shape index (κ3) is 5.05. The molecule has 0 saturated carbocycles. The van der Waals surface area contributed by atoms with Crippen LogP contribution in [0.5, 0.6) is 0 Å². The molecule has 1 heterocycles. The predicted octanol–water partition coefficient (Wildman–Crippen LogP) is 2.94. The number of aryl methyl sites for hydroxylation is 1. The highest BCUT2D eigenvalue weighted by Gasteiger charge is 2.15. The Morgan fingerprint density at radius 1 is 1.28 bits per heavy atom. The number of hydrazone groups is 1. The van der Waals surface area contributed by atoms with Crippen molar-refractivity contribution in [2.45, 2.75) is 12.1 Å². The molecule has 3 rings (SSSR count). The van der Waals surface area contributed by atoms with E-state index in [1.165, 1.54) is 23.9 Å². The number of rotatable bonds is 7. The number of carbonyl (C=O) groups excluding carboxylic acids is 1. The first-order valence-electron chi connectivity index (χ1n) is 8.60. The molecule has 0 bridgehead atoms. The van der Waals surface area contributed by atoms with Crippen molar-refractivity contribution in [3.05, 3.63) is 69.8 Å². The van der Waals surface area contributed by atoms with Crippen molar-refractivity contribution in [1.29, 1.82) is 0 Å². The number of nitro groups is 1. The minimum Gasteiger partial charge on any atom is -0.305 e. The van der Waals surface area contributed by atoms with E-state index in [0.717, 1.165) is 11.1 Å². The normalized spacial score (nSPS) is 11.0. The van der Waals surface area contributed by atoms with Crippen LogP contribution in [-0.4, -0.2) is 37.6 Å². The number of nitrogens with zero attached hydrogens (tertiary/aromatic N) is 5. The third-order valence-electron chi connectivity index (χ3n) is 4.06. The molecule has 0 aliphatic carbocycles. The van der Waals surface area contributed by atoms with Crippen LogP contribution < -0.4 is 5.43 Å². The lowest BCUT2D eigenvalue weighted by molar-refractivity contribution is -0.384. The summed E-state index contributed by atoms with van der Waals surface area (Å²) in [7, 11) is 1.74. The van der Waals surface area contributed by atoms with E-state index in [0.29, 0.717) is 16.5 Å². The Hall–Kier alpha value is -3.53. The van der Waals surface area contributed by atoms with Gasteiger partial charge in [0, 0.05) is 24.7 Å². The molecule has 29 heavy (non-hydrogen) atoms. The highest BCUT2D eigenvalue weighted by molar-refractivity contribution is 7.99. The van der Waals surface area contributed by atoms with Crippen LogP contribution in [0.1, 0.15) is 11.1 Å². The lowest BCUT2D eigenvalue weighted by Crippen LogP contribution is -2.20. The molecular formula is C19H18N6O3S. The molecule has 1 amide bonds. The first-order valence-corrected chi connectivity index (χ1v) is 9.59. The second-order valence-electron chi connectivity index (χ2n) is 6.11. The van der Waals surface area contributed by atoms with Crippen LogP contribution in [0.3, 0.4) is 0 Å². The first kappa shape index (κ1) is 20.2. The van der Waals surface area contributed by atoms with Crippen molar-refractivity contribution in [3.8, 4) is 11.4 Å². The van der Waals surface area contributed by atoms with Crippen LogP contribution in [0.25, 0.3) is 11.4 Å². The maximum absolute atomic E-state index is 12.0. The molecule has 0 spiro atoms. The summed E-state index contributed by atoms with van der Waals surface area (Å²) in [6.45, 7) is 1.96. The minimum atomic E-state index is -0.461. The van der Waals surface area contributed by atoms with Crippen molar-refractivity contribution in [3.63, 3.8) is 0 Å². The first-order chi connectivity index (χ1) is 14.0. The van der Waals surface area contributed by atoms with E-state index in [1.54, 1.807) is 30.0 Å². The van der Waals surface area contributed by atoms with E-state index < -0.39 is 4.92 Å². The molecule has 9 nitrogen and oxygen atoms in total. The third-order valence-corrected chi connectivity index (χ3v) is 5.08. The molecule has 2 aromatic carbocycles. The number of nitrogens with one attached hydrogen (secondary N) is 1. The Kier molecular flexibility index (Phi) is 6.35. The van der Waals surface area contributed by atoms with Gasteiger partial charge in [-0.3, -0.25) is 14.9 Å². The van der Waals surface area contributed by atoms with Gasteiger partial charge in [-0.15, -0.1) is 10.2 Å². The van der Waals surface area contributed by atoms with Crippen molar-refractivity contribution >= 4 is 29.6 Å². The number of aromatic nitrogens is 3. The number of thioether (sulfide) groups is 1. The number of benzene rings is 2. The van der Waals surface area contributed by atoms with Crippen LogP contribution in [0.4, 0.5) is 5.69 Å². The highest BCUT2D eigenvalue weighted by Crippen LogP contribution is 2.25. The van der Waals surface area contributed by atoms with Crippen LogP contribution in [0.2, 0.25) is 0 Å². The van der Waals surface area contributed by atoms with E-state index in [-0.39, 0.29) is 17.3 Å². The molecule has 0 aliphatic heterocycles. The molecule has 0 fully saturated rings. The number of non-ortho nitro benzene ring substituents is 1. The summed E-state index contributed by atoms with van der Waals surface area (Å²) < 4.78 is 1.69. The Morgan fingerprint density at radius 2 is 2.07 bits per heavy atom. The molecule has 0 unspecified atom stereocenters.